The number of carbonyl (C=O) groups excluding carboxylic acids is 1. The molecule has 0 radical (unpaired) electrons. The quantitative estimate of drug-likeness (QED) is 0.788. The minimum Gasteiger partial charge on any atom is -0.352 e. The molecule has 0 unspecified atom stereocenters. The monoisotopic (exact) mass is 327 g/mol. The topological polar surface area (TPSA) is 69.7 Å². The first-order chi connectivity index (χ1) is 10.3. The summed E-state index contributed by atoms with van der Waals surface area (Å²) in [5.74, 6) is -0.310. The molecule has 1 aromatic rings. The predicted octanol–water partition coefficient (Wildman–Crippen LogP) is 1.60. The van der Waals surface area contributed by atoms with E-state index in [4.69, 9.17) is 0 Å². The normalized spacial score (nSPS) is 13.0. The van der Waals surface area contributed by atoms with Crippen molar-refractivity contribution in [3.8, 4) is 0 Å². The van der Waals surface area contributed by atoms with Crippen LogP contribution in [0.3, 0.4) is 0 Å². The largest absolute Gasteiger partial charge is 0.352 e. The van der Waals surface area contributed by atoms with E-state index in [0.29, 0.717) is 5.69 Å². The Morgan fingerprint density at radius 2 is 1.82 bits per heavy atom. The zero-order valence-corrected chi connectivity index (χ0v) is 14.4. The number of nitrogens with zero attached hydrogens (tertiary/aromatic N) is 2. The minimum absolute atomic E-state index is 0.0252. The summed E-state index contributed by atoms with van der Waals surface area (Å²) >= 11 is 0. The molecule has 0 heterocycles. The Hall–Kier alpha value is -1.60. The lowest BCUT2D eigenvalue weighted by atomic mass is 10.2. The average Bonchev–Trinajstić information content (AvgIpc) is 2.45. The fourth-order valence-electron chi connectivity index (χ4n) is 2.05. The number of benzene rings is 1. The van der Waals surface area contributed by atoms with Crippen molar-refractivity contribution in [2.24, 2.45) is 0 Å². The lowest BCUT2D eigenvalue weighted by Gasteiger charge is -2.27. The van der Waals surface area contributed by atoms with Gasteiger partial charge in [-0.25, -0.2) is 4.31 Å². The van der Waals surface area contributed by atoms with Gasteiger partial charge in [-0.1, -0.05) is 31.5 Å². The zero-order chi connectivity index (χ0) is 16.8. The van der Waals surface area contributed by atoms with Crippen molar-refractivity contribution < 1.29 is 13.2 Å². The Morgan fingerprint density at radius 1 is 1.23 bits per heavy atom. The summed E-state index contributed by atoms with van der Waals surface area (Å²) in [5, 5.41) is 2.83. The van der Waals surface area contributed by atoms with Crippen LogP contribution in [0.5, 0.6) is 0 Å². The summed E-state index contributed by atoms with van der Waals surface area (Å²) in [5.41, 5.74) is 0.467. The van der Waals surface area contributed by atoms with Crippen molar-refractivity contribution in [1.82, 2.24) is 9.62 Å². The average molecular weight is 327 g/mol. The van der Waals surface area contributed by atoms with Crippen molar-refractivity contribution in [2.45, 2.75) is 32.7 Å². The number of nitrogens with one attached hydrogen (secondary N) is 1. The highest BCUT2D eigenvalue weighted by atomic mass is 32.2. The van der Waals surface area contributed by atoms with Crippen molar-refractivity contribution in [3.05, 3.63) is 30.3 Å². The third-order valence-corrected chi connectivity index (χ3v) is 5.02. The molecule has 1 N–H and O–H groups in total. The maximum Gasteiger partial charge on any atom is 0.304 e. The standard InChI is InChI=1S/C15H25N3O3S/c1-5-9-13(2)16-15(19)12-18(22(20,21)17(3)4)14-10-7-6-8-11-14/h6-8,10-11,13H,5,9,12H2,1-4H3,(H,16,19)/t13-/m1/s1. The fraction of sp³-hybridized carbons (Fsp3) is 0.533. The van der Waals surface area contributed by atoms with Gasteiger partial charge < -0.3 is 5.32 Å². The maximum atomic E-state index is 12.4. The molecule has 124 valence electrons. The molecule has 0 spiro atoms. The molecule has 7 heteroatoms. The first kappa shape index (κ1) is 18.4. The number of amides is 1. The highest BCUT2D eigenvalue weighted by molar-refractivity contribution is 7.90. The molecule has 0 saturated carbocycles. The first-order valence-electron chi connectivity index (χ1n) is 7.33. The Balaban J connectivity index is 2.96. The van der Waals surface area contributed by atoms with E-state index in [1.54, 1.807) is 30.3 Å². The van der Waals surface area contributed by atoms with E-state index in [1.165, 1.54) is 14.1 Å². The summed E-state index contributed by atoms with van der Waals surface area (Å²) < 4.78 is 27.1. The van der Waals surface area contributed by atoms with E-state index in [-0.39, 0.29) is 18.5 Å². The van der Waals surface area contributed by atoms with Crippen LogP contribution >= 0.6 is 0 Å². The van der Waals surface area contributed by atoms with Crippen LogP contribution in [0.1, 0.15) is 26.7 Å². The molecule has 6 nitrogen and oxygen atoms in total. The van der Waals surface area contributed by atoms with Gasteiger partial charge in [-0.05, 0) is 25.5 Å². The molecule has 0 aliphatic heterocycles. The van der Waals surface area contributed by atoms with Crippen LogP contribution in [0.2, 0.25) is 0 Å². The van der Waals surface area contributed by atoms with Gasteiger partial charge in [-0.3, -0.25) is 4.79 Å². The Bertz CT molecular complexity index is 573. The molecule has 0 aromatic heterocycles. The molecular weight excluding hydrogens is 302 g/mol. The van der Waals surface area contributed by atoms with Crippen molar-refractivity contribution in [1.29, 1.82) is 0 Å². The van der Waals surface area contributed by atoms with Crippen LogP contribution in [0.4, 0.5) is 5.69 Å². The number of anilines is 1. The number of rotatable bonds is 8. The van der Waals surface area contributed by atoms with E-state index in [0.717, 1.165) is 21.5 Å². The number of para-hydroxylation sites is 1. The van der Waals surface area contributed by atoms with Crippen LogP contribution in [-0.2, 0) is 15.0 Å². The minimum atomic E-state index is -3.73. The third-order valence-electron chi connectivity index (χ3n) is 3.20. The van der Waals surface area contributed by atoms with Gasteiger partial charge in [0.15, 0.2) is 0 Å². The summed E-state index contributed by atoms with van der Waals surface area (Å²) in [4.78, 5) is 12.1. The van der Waals surface area contributed by atoms with Crippen LogP contribution < -0.4 is 9.62 Å². The molecule has 0 aliphatic rings. The summed E-state index contributed by atoms with van der Waals surface area (Å²) in [7, 11) is -0.835. The summed E-state index contributed by atoms with van der Waals surface area (Å²) in [6.07, 6.45) is 1.82. The van der Waals surface area contributed by atoms with Gasteiger partial charge in [0.1, 0.15) is 6.54 Å². The van der Waals surface area contributed by atoms with Crippen LogP contribution in [0.15, 0.2) is 30.3 Å². The van der Waals surface area contributed by atoms with Gasteiger partial charge in [0.2, 0.25) is 5.91 Å². The van der Waals surface area contributed by atoms with Gasteiger partial charge in [0.25, 0.3) is 0 Å². The van der Waals surface area contributed by atoms with Gasteiger partial charge >= 0.3 is 10.2 Å². The third kappa shape index (κ3) is 4.99. The SMILES string of the molecule is CCC[C@@H](C)NC(=O)CN(c1ccccc1)S(=O)(=O)N(C)C. The molecule has 0 aliphatic carbocycles. The van der Waals surface area contributed by atoms with Gasteiger partial charge in [-0.2, -0.15) is 12.7 Å². The molecule has 1 atom stereocenters. The maximum absolute atomic E-state index is 12.4. The van der Waals surface area contributed by atoms with Crippen LogP contribution in [0, 0.1) is 0 Å². The molecule has 0 saturated heterocycles. The molecule has 1 aromatic carbocycles. The lowest BCUT2D eigenvalue weighted by molar-refractivity contribution is -0.120. The Kier molecular flexibility index (Phi) is 6.83. The summed E-state index contributed by atoms with van der Waals surface area (Å²) in [6.45, 7) is 3.71. The lowest BCUT2D eigenvalue weighted by Crippen LogP contribution is -2.47. The van der Waals surface area contributed by atoms with Gasteiger partial charge in [0, 0.05) is 20.1 Å². The molecule has 1 rings (SSSR count). The number of carbonyl (C=O) groups is 1. The van der Waals surface area contributed by atoms with Gasteiger partial charge in [-0.15, -0.1) is 0 Å². The van der Waals surface area contributed by atoms with Crippen molar-refractivity contribution >= 4 is 21.8 Å². The highest BCUT2D eigenvalue weighted by Gasteiger charge is 2.27. The first-order valence-corrected chi connectivity index (χ1v) is 8.73. The van der Waals surface area contributed by atoms with Crippen LogP contribution in [-0.4, -0.2) is 45.3 Å². The molecule has 22 heavy (non-hydrogen) atoms. The highest BCUT2D eigenvalue weighted by Crippen LogP contribution is 2.18. The Morgan fingerprint density at radius 3 is 2.32 bits per heavy atom. The van der Waals surface area contributed by atoms with Gasteiger partial charge in [0.05, 0.1) is 5.69 Å². The second kappa shape index (κ2) is 8.14. The van der Waals surface area contributed by atoms with E-state index in [9.17, 15) is 13.2 Å². The van der Waals surface area contributed by atoms with E-state index in [2.05, 4.69) is 5.32 Å². The smallest absolute Gasteiger partial charge is 0.304 e. The summed E-state index contributed by atoms with van der Waals surface area (Å²) in [6, 6.07) is 8.65. The predicted molar refractivity (Wildman–Crippen MR) is 88.9 cm³/mol. The van der Waals surface area contributed by atoms with E-state index in [1.807, 2.05) is 13.8 Å². The zero-order valence-electron chi connectivity index (χ0n) is 13.6. The molecule has 0 fully saturated rings. The number of hydrogen-bond donors (Lipinski definition) is 1. The molecular formula is C15H25N3O3S. The molecule has 1 amide bonds. The molecule has 0 bridgehead atoms. The van der Waals surface area contributed by atoms with Crippen molar-refractivity contribution in [2.75, 3.05) is 24.9 Å². The Labute approximate surface area is 133 Å². The number of hydrogen-bond acceptors (Lipinski definition) is 3. The van der Waals surface area contributed by atoms with Crippen molar-refractivity contribution in [3.63, 3.8) is 0 Å². The fourth-order valence-corrected chi connectivity index (χ4v) is 3.12. The van der Waals surface area contributed by atoms with Crippen LogP contribution in [0.25, 0.3) is 0 Å². The van der Waals surface area contributed by atoms with E-state index >= 15 is 0 Å². The second-order valence-corrected chi connectivity index (χ2v) is 7.46. The second-order valence-electron chi connectivity index (χ2n) is 5.39. The van der Waals surface area contributed by atoms with E-state index < -0.39 is 10.2 Å².